The van der Waals surface area contributed by atoms with Gasteiger partial charge in [-0.1, -0.05) is 12.1 Å². The van der Waals surface area contributed by atoms with Gasteiger partial charge < -0.3 is 9.47 Å². The van der Waals surface area contributed by atoms with Crippen molar-refractivity contribution in [1.29, 1.82) is 0 Å². The summed E-state index contributed by atoms with van der Waals surface area (Å²) in [6.07, 6.45) is 2.75. The van der Waals surface area contributed by atoms with Crippen LogP contribution >= 0.6 is 11.8 Å². The molecule has 0 spiro atoms. The standard InChI is InChI=1S/C15H20O3S/c1-11(16)10-12-4-3-5-14(17-2)15(12)18-13-6-8-19-9-7-13/h3-5,13H,6-10H2,1-2H3. The molecule has 0 N–H and O–H groups in total. The first-order valence-electron chi connectivity index (χ1n) is 6.60. The van der Waals surface area contributed by atoms with E-state index in [9.17, 15) is 4.79 Å². The van der Waals surface area contributed by atoms with Crippen LogP contribution in [-0.4, -0.2) is 30.5 Å². The molecule has 0 atom stereocenters. The number of rotatable bonds is 5. The normalized spacial score (nSPS) is 16.1. The number of hydrogen-bond donors (Lipinski definition) is 0. The first-order valence-corrected chi connectivity index (χ1v) is 7.76. The molecule has 19 heavy (non-hydrogen) atoms. The van der Waals surface area contributed by atoms with E-state index < -0.39 is 0 Å². The number of thioether (sulfide) groups is 1. The van der Waals surface area contributed by atoms with Crippen LogP contribution in [0, 0.1) is 0 Å². The zero-order valence-electron chi connectivity index (χ0n) is 11.5. The van der Waals surface area contributed by atoms with Crippen LogP contribution in [0.3, 0.4) is 0 Å². The molecule has 0 saturated carbocycles. The van der Waals surface area contributed by atoms with E-state index in [0.717, 1.165) is 41.4 Å². The Hall–Kier alpha value is -1.16. The zero-order valence-corrected chi connectivity index (χ0v) is 12.3. The molecule has 1 fully saturated rings. The second-order valence-electron chi connectivity index (χ2n) is 4.76. The Labute approximate surface area is 118 Å². The summed E-state index contributed by atoms with van der Waals surface area (Å²) >= 11 is 1.97. The monoisotopic (exact) mass is 280 g/mol. The van der Waals surface area contributed by atoms with Crippen LogP contribution < -0.4 is 9.47 Å². The Kier molecular flexibility index (Phi) is 5.14. The summed E-state index contributed by atoms with van der Waals surface area (Å²) in [5.74, 6) is 3.88. The minimum Gasteiger partial charge on any atom is -0.493 e. The van der Waals surface area contributed by atoms with Crippen molar-refractivity contribution in [3.8, 4) is 11.5 Å². The number of para-hydroxylation sites is 1. The fourth-order valence-corrected chi connectivity index (χ4v) is 3.29. The Morgan fingerprint density at radius 3 is 2.74 bits per heavy atom. The molecule has 0 unspecified atom stereocenters. The molecule has 1 aliphatic heterocycles. The number of ether oxygens (including phenoxy) is 2. The SMILES string of the molecule is COc1cccc(CC(C)=O)c1OC1CCSCC1. The number of carbonyl (C=O) groups excluding carboxylic acids is 1. The molecule has 1 heterocycles. The molecule has 0 radical (unpaired) electrons. The number of hydrogen-bond acceptors (Lipinski definition) is 4. The zero-order chi connectivity index (χ0) is 13.7. The molecule has 0 aliphatic carbocycles. The largest absolute Gasteiger partial charge is 0.493 e. The van der Waals surface area contributed by atoms with Crippen LogP contribution in [0.15, 0.2) is 18.2 Å². The van der Waals surface area contributed by atoms with Gasteiger partial charge in [0.2, 0.25) is 0 Å². The first kappa shape index (κ1) is 14.3. The topological polar surface area (TPSA) is 35.5 Å². The Balaban J connectivity index is 2.21. The van der Waals surface area contributed by atoms with Gasteiger partial charge in [0, 0.05) is 12.0 Å². The average molecular weight is 280 g/mol. The minimum absolute atomic E-state index is 0.136. The molecule has 0 amide bonds. The molecule has 104 valence electrons. The minimum atomic E-state index is 0.136. The maximum atomic E-state index is 11.4. The maximum absolute atomic E-state index is 11.4. The summed E-state index contributed by atoms with van der Waals surface area (Å²) in [6.45, 7) is 1.60. The Bertz CT molecular complexity index is 439. The predicted molar refractivity (Wildman–Crippen MR) is 78.4 cm³/mol. The van der Waals surface area contributed by atoms with E-state index in [1.165, 1.54) is 0 Å². The van der Waals surface area contributed by atoms with Gasteiger partial charge in [-0.25, -0.2) is 0 Å². The lowest BCUT2D eigenvalue weighted by Gasteiger charge is -2.25. The summed E-state index contributed by atoms with van der Waals surface area (Å²) < 4.78 is 11.5. The van der Waals surface area contributed by atoms with E-state index >= 15 is 0 Å². The molecule has 4 heteroatoms. The van der Waals surface area contributed by atoms with Crippen LogP contribution in [-0.2, 0) is 11.2 Å². The van der Waals surface area contributed by atoms with Crippen LogP contribution in [0.25, 0.3) is 0 Å². The molecular formula is C15H20O3S. The second kappa shape index (κ2) is 6.85. The molecule has 3 nitrogen and oxygen atoms in total. The maximum Gasteiger partial charge on any atom is 0.165 e. The summed E-state index contributed by atoms with van der Waals surface area (Å²) in [6, 6.07) is 5.73. The first-order chi connectivity index (χ1) is 9.20. The molecule has 1 aromatic carbocycles. The molecule has 0 aromatic heterocycles. The van der Waals surface area contributed by atoms with Gasteiger partial charge in [-0.05, 0) is 37.3 Å². The van der Waals surface area contributed by atoms with Gasteiger partial charge >= 0.3 is 0 Å². The van der Waals surface area contributed by atoms with Gasteiger partial charge in [-0.15, -0.1) is 0 Å². The van der Waals surface area contributed by atoms with Crippen molar-refractivity contribution in [3.05, 3.63) is 23.8 Å². The van der Waals surface area contributed by atoms with Crippen LogP contribution in [0.1, 0.15) is 25.3 Å². The highest BCUT2D eigenvalue weighted by molar-refractivity contribution is 7.99. The van der Waals surface area contributed by atoms with Gasteiger partial charge in [0.25, 0.3) is 0 Å². The van der Waals surface area contributed by atoms with E-state index in [4.69, 9.17) is 9.47 Å². The third kappa shape index (κ3) is 3.90. The smallest absolute Gasteiger partial charge is 0.165 e. The number of Topliss-reactive ketones (excluding diaryl/α,β-unsaturated/α-hetero) is 1. The highest BCUT2D eigenvalue weighted by Crippen LogP contribution is 2.34. The van der Waals surface area contributed by atoms with Crippen LogP contribution in [0.2, 0.25) is 0 Å². The van der Waals surface area contributed by atoms with Crippen molar-refractivity contribution in [2.24, 2.45) is 0 Å². The quantitative estimate of drug-likeness (QED) is 0.830. The Morgan fingerprint density at radius 1 is 1.37 bits per heavy atom. The number of carbonyl (C=O) groups is 1. The second-order valence-corrected chi connectivity index (χ2v) is 5.98. The molecule has 1 saturated heterocycles. The van der Waals surface area contributed by atoms with Crippen LogP contribution in [0.5, 0.6) is 11.5 Å². The molecule has 2 rings (SSSR count). The van der Waals surface area contributed by atoms with E-state index in [-0.39, 0.29) is 11.9 Å². The van der Waals surface area contributed by atoms with Crippen molar-refractivity contribution in [1.82, 2.24) is 0 Å². The highest BCUT2D eigenvalue weighted by atomic mass is 32.2. The Morgan fingerprint density at radius 2 is 2.11 bits per heavy atom. The summed E-state index contributed by atoms with van der Waals surface area (Å²) in [5, 5.41) is 0. The van der Waals surface area contributed by atoms with Crippen molar-refractivity contribution >= 4 is 17.5 Å². The molecule has 1 aliphatic rings. The molecule has 1 aromatic rings. The van der Waals surface area contributed by atoms with Crippen molar-refractivity contribution < 1.29 is 14.3 Å². The molecule has 0 bridgehead atoms. The van der Waals surface area contributed by atoms with E-state index in [0.29, 0.717) is 6.42 Å². The third-order valence-electron chi connectivity index (χ3n) is 3.17. The van der Waals surface area contributed by atoms with Gasteiger partial charge in [0.15, 0.2) is 11.5 Å². The van der Waals surface area contributed by atoms with Gasteiger partial charge in [-0.2, -0.15) is 11.8 Å². The van der Waals surface area contributed by atoms with Gasteiger partial charge in [0.05, 0.1) is 7.11 Å². The van der Waals surface area contributed by atoms with Crippen LogP contribution in [0.4, 0.5) is 0 Å². The third-order valence-corrected chi connectivity index (χ3v) is 4.22. The predicted octanol–water partition coefficient (Wildman–Crippen LogP) is 3.10. The fourth-order valence-electron chi connectivity index (χ4n) is 2.22. The number of benzene rings is 1. The molecular weight excluding hydrogens is 260 g/mol. The van der Waals surface area contributed by atoms with Gasteiger partial charge in [0.1, 0.15) is 11.9 Å². The van der Waals surface area contributed by atoms with Crippen molar-refractivity contribution in [3.63, 3.8) is 0 Å². The lowest BCUT2D eigenvalue weighted by molar-refractivity contribution is -0.116. The summed E-state index contributed by atoms with van der Waals surface area (Å²) in [5.41, 5.74) is 0.921. The highest BCUT2D eigenvalue weighted by Gasteiger charge is 2.19. The number of ketones is 1. The van der Waals surface area contributed by atoms with E-state index in [1.54, 1.807) is 14.0 Å². The lowest BCUT2D eigenvalue weighted by Crippen LogP contribution is -2.23. The van der Waals surface area contributed by atoms with Crippen molar-refractivity contribution in [2.45, 2.75) is 32.3 Å². The summed E-state index contributed by atoms with van der Waals surface area (Å²) in [4.78, 5) is 11.4. The average Bonchev–Trinajstić information content (AvgIpc) is 2.41. The summed E-state index contributed by atoms with van der Waals surface area (Å²) in [7, 11) is 1.64. The van der Waals surface area contributed by atoms with Gasteiger partial charge in [-0.3, -0.25) is 4.79 Å². The fraction of sp³-hybridized carbons (Fsp3) is 0.533. The lowest BCUT2D eigenvalue weighted by atomic mass is 10.1. The number of methoxy groups -OCH3 is 1. The van der Waals surface area contributed by atoms with E-state index in [1.807, 2.05) is 30.0 Å². The van der Waals surface area contributed by atoms with E-state index in [2.05, 4.69) is 0 Å². The van der Waals surface area contributed by atoms with Crippen molar-refractivity contribution in [2.75, 3.05) is 18.6 Å².